The molecule has 0 aliphatic heterocycles. The van der Waals surface area contributed by atoms with Gasteiger partial charge in [-0.3, -0.25) is 4.98 Å². The van der Waals surface area contributed by atoms with E-state index >= 15 is 0 Å². The maximum Gasteiger partial charge on any atom is 0.142 e. The molecule has 0 bridgehead atoms. The maximum atomic E-state index is 13.8. The summed E-state index contributed by atoms with van der Waals surface area (Å²) in [5.41, 5.74) is 5.92. The van der Waals surface area contributed by atoms with Crippen molar-refractivity contribution in [2.24, 2.45) is 5.73 Å². The van der Waals surface area contributed by atoms with Gasteiger partial charge >= 0.3 is 0 Å². The van der Waals surface area contributed by atoms with Crippen LogP contribution in [0.5, 0.6) is 0 Å². The zero-order valence-corrected chi connectivity index (χ0v) is 10.8. The van der Waals surface area contributed by atoms with Gasteiger partial charge < -0.3 is 5.73 Å². The Morgan fingerprint density at radius 3 is 2.45 bits per heavy atom. The lowest BCUT2D eigenvalue weighted by Gasteiger charge is -2.08. The summed E-state index contributed by atoms with van der Waals surface area (Å²) in [6.45, 7) is 0. The van der Waals surface area contributed by atoms with Gasteiger partial charge in [-0.1, -0.05) is 11.6 Å². The van der Waals surface area contributed by atoms with Crippen LogP contribution in [0.25, 0.3) is 11.3 Å². The summed E-state index contributed by atoms with van der Waals surface area (Å²) in [6.07, 6.45) is 2.94. The SMILES string of the molecule is N#C/C(=C(/N)c1cc(F)c(Cl)cc1F)c1ccncc1. The summed E-state index contributed by atoms with van der Waals surface area (Å²) in [6, 6.07) is 6.67. The molecule has 2 rings (SSSR count). The average Bonchev–Trinajstić information content (AvgIpc) is 2.44. The monoisotopic (exact) mass is 291 g/mol. The van der Waals surface area contributed by atoms with Crippen molar-refractivity contribution in [1.82, 2.24) is 4.98 Å². The Hall–Kier alpha value is -2.45. The minimum absolute atomic E-state index is 0.0352. The summed E-state index contributed by atoms with van der Waals surface area (Å²) < 4.78 is 27.2. The molecule has 3 nitrogen and oxygen atoms in total. The maximum absolute atomic E-state index is 13.8. The number of benzene rings is 1. The topological polar surface area (TPSA) is 62.7 Å². The Morgan fingerprint density at radius 1 is 1.20 bits per heavy atom. The summed E-state index contributed by atoms with van der Waals surface area (Å²) in [7, 11) is 0. The number of nitrogens with zero attached hydrogens (tertiary/aromatic N) is 2. The molecule has 0 atom stereocenters. The fourth-order valence-electron chi connectivity index (χ4n) is 1.66. The molecule has 1 aromatic heterocycles. The van der Waals surface area contributed by atoms with Crippen LogP contribution in [0.4, 0.5) is 8.78 Å². The lowest BCUT2D eigenvalue weighted by atomic mass is 10.0. The van der Waals surface area contributed by atoms with Gasteiger partial charge in [0.2, 0.25) is 0 Å². The van der Waals surface area contributed by atoms with Crippen molar-refractivity contribution in [3.05, 3.63) is 64.4 Å². The van der Waals surface area contributed by atoms with Crippen molar-refractivity contribution in [3.8, 4) is 6.07 Å². The highest BCUT2D eigenvalue weighted by molar-refractivity contribution is 6.30. The molecule has 2 aromatic rings. The van der Waals surface area contributed by atoms with Gasteiger partial charge in [0.25, 0.3) is 0 Å². The number of nitrogens with two attached hydrogens (primary N) is 1. The van der Waals surface area contributed by atoms with E-state index < -0.39 is 11.6 Å². The standard InChI is InChI=1S/C14H8ClF2N3/c15-11-6-12(16)9(5-13(11)17)14(19)10(7-18)8-1-3-20-4-2-8/h1-6H,19H2/b14-10-. The van der Waals surface area contributed by atoms with E-state index in [1.54, 1.807) is 12.1 Å². The highest BCUT2D eigenvalue weighted by Gasteiger charge is 2.15. The van der Waals surface area contributed by atoms with Gasteiger partial charge in [-0.2, -0.15) is 5.26 Å². The molecule has 0 aliphatic rings. The van der Waals surface area contributed by atoms with Crippen LogP contribution in [0.2, 0.25) is 5.02 Å². The lowest BCUT2D eigenvalue weighted by molar-refractivity contribution is 0.597. The predicted molar refractivity (Wildman–Crippen MR) is 72.2 cm³/mol. The first-order valence-corrected chi connectivity index (χ1v) is 5.87. The smallest absolute Gasteiger partial charge is 0.142 e. The van der Waals surface area contributed by atoms with E-state index in [0.29, 0.717) is 5.56 Å². The number of allylic oxidation sites excluding steroid dienone is 1. The van der Waals surface area contributed by atoms with Crippen LogP contribution in [0, 0.1) is 23.0 Å². The van der Waals surface area contributed by atoms with Crippen molar-refractivity contribution in [3.63, 3.8) is 0 Å². The summed E-state index contributed by atoms with van der Waals surface area (Å²) in [5, 5.41) is 8.83. The molecule has 0 radical (unpaired) electrons. The van der Waals surface area contributed by atoms with Crippen LogP contribution >= 0.6 is 11.6 Å². The first-order valence-electron chi connectivity index (χ1n) is 5.49. The molecule has 100 valence electrons. The van der Waals surface area contributed by atoms with E-state index in [0.717, 1.165) is 12.1 Å². The van der Waals surface area contributed by atoms with Gasteiger partial charge in [0, 0.05) is 18.0 Å². The van der Waals surface area contributed by atoms with Gasteiger partial charge in [-0.25, -0.2) is 8.78 Å². The quantitative estimate of drug-likeness (QED) is 0.681. The highest BCUT2D eigenvalue weighted by Crippen LogP contribution is 2.27. The van der Waals surface area contributed by atoms with Crippen LogP contribution in [0.1, 0.15) is 11.1 Å². The van der Waals surface area contributed by atoms with E-state index in [4.69, 9.17) is 17.3 Å². The van der Waals surface area contributed by atoms with Gasteiger partial charge in [0.1, 0.15) is 17.7 Å². The molecule has 0 unspecified atom stereocenters. The highest BCUT2D eigenvalue weighted by atomic mass is 35.5. The van der Waals surface area contributed by atoms with E-state index in [1.807, 2.05) is 6.07 Å². The lowest BCUT2D eigenvalue weighted by Crippen LogP contribution is -2.04. The first kappa shape index (κ1) is 14.0. The van der Waals surface area contributed by atoms with Crippen molar-refractivity contribution < 1.29 is 8.78 Å². The zero-order valence-electron chi connectivity index (χ0n) is 10.1. The molecule has 2 N–H and O–H groups in total. The number of rotatable bonds is 2. The van der Waals surface area contributed by atoms with Crippen LogP contribution in [0.3, 0.4) is 0 Å². The number of aromatic nitrogens is 1. The van der Waals surface area contributed by atoms with Crippen molar-refractivity contribution in [1.29, 1.82) is 5.26 Å². The van der Waals surface area contributed by atoms with E-state index in [2.05, 4.69) is 4.98 Å². The molecule has 0 saturated carbocycles. The zero-order chi connectivity index (χ0) is 14.7. The largest absolute Gasteiger partial charge is 0.397 e. The third-order valence-electron chi connectivity index (χ3n) is 2.65. The minimum Gasteiger partial charge on any atom is -0.397 e. The molecule has 0 saturated heterocycles. The Morgan fingerprint density at radius 2 is 1.85 bits per heavy atom. The summed E-state index contributed by atoms with van der Waals surface area (Å²) in [5.74, 6) is -1.60. The molecule has 6 heteroatoms. The van der Waals surface area contributed by atoms with Crippen molar-refractivity contribution in [2.75, 3.05) is 0 Å². The van der Waals surface area contributed by atoms with E-state index in [9.17, 15) is 14.0 Å². The molecule has 1 aromatic carbocycles. The van der Waals surface area contributed by atoms with Crippen LogP contribution in [0.15, 0.2) is 36.7 Å². The van der Waals surface area contributed by atoms with Crippen LogP contribution < -0.4 is 5.73 Å². The van der Waals surface area contributed by atoms with Crippen molar-refractivity contribution >= 4 is 22.9 Å². The minimum atomic E-state index is -0.807. The summed E-state index contributed by atoms with van der Waals surface area (Å²) >= 11 is 5.48. The second-order valence-corrected chi connectivity index (χ2v) is 4.29. The molecular weight excluding hydrogens is 284 g/mol. The van der Waals surface area contributed by atoms with Gasteiger partial charge in [0.05, 0.1) is 16.3 Å². The van der Waals surface area contributed by atoms with Crippen molar-refractivity contribution in [2.45, 2.75) is 0 Å². The molecule has 1 heterocycles. The molecular formula is C14H8ClF2N3. The third-order valence-corrected chi connectivity index (χ3v) is 2.94. The van der Waals surface area contributed by atoms with Gasteiger partial charge in [-0.05, 0) is 29.8 Å². The van der Waals surface area contributed by atoms with Gasteiger partial charge in [-0.15, -0.1) is 0 Å². The Balaban J connectivity index is 2.64. The van der Waals surface area contributed by atoms with E-state index in [1.165, 1.54) is 12.4 Å². The number of halogens is 3. The molecule has 0 aliphatic carbocycles. The summed E-state index contributed by atoms with van der Waals surface area (Å²) in [4.78, 5) is 3.81. The predicted octanol–water partition coefficient (Wildman–Crippen LogP) is 3.36. The molecule has 0 amide bonds. The molecule has 0 fully saturated rings. The second kappa shape index (κ2) is 5.68. The Kier molecular flexibility index (Phi) is 3.97. The van der Waals surface area contributed by atoms with Gasteiger partial charge in [0.15, 0.2) is 0 Å². The average molecular weight is 292 g/mol. The van der Waals surface area contributed by atoms with Crippen LogP contribution in [-0.4, -0.2) is 4.98 Å². The number of hydrogen-bond acceptors (Lipinski definition) is 3. The third kappa shape index (κ3) is 2.60. The number of nitriles is 1. The second-order valence-electron chi connectivity index (χ2n) is 3.88. The molecule has 0 spiro atoms. The van der Waals surface area contributed by atoms with Crippen LogP contribution in [-0.2, 0) is 0 Å². The number of pyridine rings is 1. The Bertz CT molecular complexity index is 721. The fourth-order valence-corrected chi connectivity index (χ4v) is 1.81. The fraction of sp³-hybridized carbons (Fsp3) is 0. The van der Waals surface area contributed by atoms with E-state index in [-0.39, 0.29) is 21.9 Å². The normalized spacial score (nSPS) is 11.7. The Labute approximate surface area is 118 Å². The number of hydrogen-bond donors (Lipinski definition) is 1. The first-order chi connectivity index (χ1) is 9.54. The molecule has 20 heavy (non-hydrogen) atoms.